The molecule has 3 atom stereocenters. The predicted octanol–water partition coefficient (Wildman–Crippen LogP) is -2.01. The first-order valence-corrected chi connectivity index (χ1v) is 17.3. The highest BCUT2D eigenvalue weighted by atomic mass is 16.4. The second-order valence-corrected chi connectivity index (χ2v) is 12.1. The molecule has 14 N–H and O–H groups in total. The van der Waals surface area contributed by atoms with Gasteiger partial charge in [-0.05, 0) is 62.6 Å². The normalized spacial score (nSPS) is 12.2. The van der Waals surface area contributed by atoms with Gasteiger partial charge in [0.25, 0.3) is 0 Å². The lowest BCUT2D eigenvalue weighted by atomic mass is 10.1. The summed E-state index contributed by atoms with van der Waals surface area (Å²) < 4.78 is 0. The second-order valence-electron chi connectivity index (χ2n) is 12.1. The van der Waals surface area contributed by atoms with Gasteiger partial charge in [-0.3, -0.25) is 28.8 Å². The fraction of sp³-hybridized carbons (Fsp3) is 0.545. The summed E-state index contributed by atoms with van der Waals surface area (Å²) >= 11 is 0. The molecule has 1 rings (SSSR count). The number of amides is 8. The number of rotatable bonds is 27. The van der Waals surface area contributed by atoms with Crippen LogP contribution in [0.2, 0.25) is 0 Å². The lowest BCUT2D eigenvalue weighted by molar-refractivity contribution is -0.141. The van der Waals surface area contributed by atoms with Gasteiger partial charge >= 0.3 is 30.0 Å². The Kier molecular flexibility index (Phi) is 22.1. The SMILES string of the molecule is NCCCC[C@H](NC(=O)CNC(=O)C(CC(=O)O)NC(=O)Cc1ccc(CNC(=O)NCCCCCNC(=O)N[C@@H](CCC(=O)O)C(=O)O)cc1)C(N)=O. The minimum Gasteiger partial charge on any atom is -0.481 e. The molecule has 0 aliphatic carbocycles. The van der Waals surface area contributed by atoms with Crippen molar-refractivity contribution in [2.45, 2.75) is 88.9 Å². The first-order chi connectivity index (χ1) is 25.6. The summed E-state index contributed by atoms with van der Waals surface area (Å²) in [6, 6.07) is 1.67. The number of nitrogens with one attached hydrogen (secondary N) is 7. The van der Waals surface area contributed by atoms with Crippen molar-refractivity contribution >= 4 is 53.6 Å². The average Bonchev–Trinajstić information content (AvgIpc) is 3.10. The van der Waals surface area contributed by atoms with Crippen molar-refractivity contribution in [1.82, 2.24) is 37.2 Å². The summed E-state index contributed by atoms with van der Waals surface area (Å²) in [5, 5.41) is 44.1. The molecule has 0 radical (unpaired) electrons. The van der Waals surface area contributed by atoms with Gasteiger partial charge in [0.2, 0.25) is 23.6 Å². The zero-order chi connectivity index (χ0) is 40.5. The van der Waals surface area contributed by atoms with Crippen LogP contribution in [0, 0.1) is 0 Å². The fourth-order valence-electron chi connectivity index (χ4n) is 4.71. The van der Waals surface area contributed by atoms with Crippen LogP contribution in [0.5, 0.6) is 0 Å². The zero-order valence-electron chi connectivity index (χ0n) is 29.8. The molecular weight excluding hydrogens is 714 g/mol. The van der Waals surface area contributed by atoms with E-state index in [1.54, 1.807) is 24.3 Å². The molecule has 0 fully saturated rings. The first kappa shape index (κ1) is 46.0. The fourth-order valence-corrected chi connectivity index (χ4v) is 4.71. The number of hydrogen-bond donors (Lipinski definition) is 12. The number of urea groups is 2. The van der Waals surface area contributed by atoms with Crippen LogP contribution in [0.4, 0.5) is 9.59 Å². The van der Waals surface area contributed by atoms with Crippen molar-refractivity contribution in [2.24, 2.45) is 11.5 Å². The highest BCUT2D eigenvalue weighted by Gasteiger charge is 2.25. The van der Waals surface area contributed by atoms with Crippen molar-refractivity contribution < 1.29 is 58.5 Å². The Hall–Kier alpha value is -5.99. The Morgan fingerprint density at radius 3 is 1.80 bits per heavy atom. The zero-order valence-corrected chi connectivity index (χ0v) is 29.8. The van der Waals surface area contributed by atoms with Crippen LogP contribution >= 0.6 is 0 Å². The third-order valence-corrected chi connectivity index (χ3v) is 7.59. The quantitative estimate of drug-likeness (QED) is 0.0432. The molecule has 0 spiro atoms. The van der Waals surface area contributed by atoms with Crippen molar-refractivity contribution in [3.63, 3.8) is 0 Å². The second kappa shape index (κ2) is 25.9. The third kappa shape index (κ3) is 21.4. The maximum absolute atomic E-state index is 12.7. The number of carbonyl (C=O) groups is 9. The summed E-state index contributed by atoms with van der Waals surface area (Å²) in [4.78, 5) is 106. The molecule has 0 heterocycles. The molecule has 21 heteroatoms. The van der Waals surface area contributed by atoms with Gasteiger partial charge in [0.15, 0.2) is 0 Å². The standard InChI is InChI=1S/C33H51N9O12/c34-13-3-2-6-22(29(35)49)40-26(44)19-38-30(50)24(17-28(47)48)41-25(43)16-20-7-9-21(10-8-20)18-39-32(53)36-14-4-1-5-15-37-33(54)42-23(31(51)52)11-12-27(45)46/h7-10,22-24H,1-6,11-19,34H2,(H2,35,49)(H,38,50)(H,40,44)(H,41,43)(H,45,46)(H,47,48)(H,51,52)(H2,36,39,53)(H2,37,42,54)/t22-,23-,24?/m0/s1. The minimum atomic E-state index is -1.49. The summed E-state index contributed by atoms with van der Waals surface area (Å²) in [7, 11) is 0. The van der Waals surface area contributed by atoms with Gasteiger partial charge in [0, 0.05) is 26.1 Å². The van der Waals surface area contributed by atoms with Crippen LogP contribution in [0.25, 0.3) is 0 Å². The topological polar surface area (TPSA) is 351 Å². The van der Waals surface area contributed by atoms with Gasteiger partial charge in [0.1, 0.15) is 18.1 Å². The van der Waals surface area contributed by atoms with Crippen molar-refractivity contribution in [3.05, 3.63) is 35.4 Å². The lowest BCUT2D eigenvalue weighted by Crippen LogP contribution is -2.52. The maximum Gasteiger partial charge on any atom is 0.326 e. The Morgan fingerprint density at radius 2 is 1.22 bits per heavy atom. The number of carboxylic acid groups (broad SMARTS) is 3. The number of benzene rings is 1. The van der Waals surface area contributed by atoms with Crippen molar-refractivity contribution in [2.75, 3.05) is 26.2 Å². The van der Waals surface area contributed by atoms with Crippen LogP contribution in [-0.4, -0.2) is 113 Å². The van der Waals surface area contributed by atoms with Gasteiger partial charge in [-0.15, -0.1) is 0 Å². The predicted molar refractivity (Wildman–Crippen MR) is 190 cm³/mol. The molecule has 0 aliphatic heterocycles. The maximum atomic E-state index is 12.7. The number of carboxylic acids is 3. The monoisotopic (exact) mass is 765 g/mol. The van der Waals surface area contributed by atoms with Gasteiger partial charge in [-0.2, -0.15) is 0 Å². The Balaban J connectivity index is 2.40. The molecule has 8 amide bonds. The number of hydrogen-bond acceptors (Lipinski definition) is 10. The summed E-state index contributed by atoms with van der Waals surface area (Å²) in [6.07, 6.45) is 1.61. The number of carbonyl (C=O) groups excluding carboxylic acids is 6. The highest BCUT2D eigenvalue weighted by molar-refractivity contribution is 5.94. The number of unbranched alkanes of at least 4 members (excludes halogenated alkanes) is 3. The van der Waals surface area contributed by atoms with Gasteiger partial charge in [0.05, 0.1) is 19.4 Å². The molecule has 0 aromatic heterocycles. The van der Waals surface area contributed by atoms with Crippen LogP contribution in [0.3, 0.4) is 0 Å². The first-order valence-electron chi connectivity index (χ1n) is 17.3. The van der Waals surface area contributed by atoms with Crippen LogP contribution in [-0.2, 0) is 46.5 Å². The van der Waals surface area contributed by atoms with Crippen molar-refractivity contribution in [1.29, 1.82) is 0 Å². The average molecular weight is 766 g/mol. The van der Waals surface area contributed by atoms with Gasteiger partial charge in [-0.25, -0.2) is 14.4 Å². The van der Waals surface area contributed by atoms with E-state index >= 15 is 0 Å². The van der Waals surface area contributed by atoms with Crippen LogP contribution in [0.15, 0.2) is 24.3 Å². The van der Waals surface area contributed by atoms with Crippen molar-refractivity contribution in [3.8, 4) is 0 Å². The Bertz CT molecular complexity index is 1440. The number of primary amides is 1. The van der Waals surface area contributed by atoms with E-state index in [-0.39, 0.29) is 32.4 Å². The molecule has 1 aromatic carbocycles. The highest BCUT2D eigenvalue weighted by Crippen LogP contribution is 2.07. The van der Waals surface area contributed by atoms with E-state index in [1.807, 2.05) is 0 Å². The summed E-state index contributed by atoms with van der Waals surface area (Å²) in [5.41, 5.74) is 12.0. The van der Waals surface area contributed by atoms with E-state index in [1.165, 1.54) is 0 Å². The summed E-state index contributed by atoms with van der Waals surface area (Å²) in [6.45, 7) is 0.581. The third-order valence-electron chi connectivity index (χ3n) is 7.59. The number of aliphatic carboxylic acids is 3. The van der Waals surface area contributed by atoms with E-state index in [9.17, 15) is 48.3 Å². The van der Waals surface area contributed by atoms with E-state index < -0.39 is 91.1 Å². The molecule has 300 valence electrons. The molecular formula is C33H51N9O12. The molecule has 0 aliphatic rings. The lowest BCUT2D eigenvalue weighted by Gasteiger charge is -2.18. The van der Waals surface area contributed by atoms with E-state index in [0.29, 0.717) is 56.3 Å². The largest absolute Gasteiger partial charge is 0.481 e. The molecule has 21 nitrogen and oxygen atoms in total. The Morgan fingerprint density at radius 1 is 0.611 bits per heavy atom. The minimum absolute atomic E-state index is 0.170. The molecule has 1 aromatic rings. The molecule has 0 bridgehead atoms. The van der Waals surface area contributed by atoms with Crippen LogP contribution < -0.4 is 48.7 Å². The molecule has 0 saturated heterocycles. The van der Waals surface area contributed by atoms with E-state index in [4.69, 9.17) is 21.7 Å². The summed E-state index contributed by atoms with van der Waals surface area (Å²) in [5.74, 6) is -6.93. The van der Waals surface area contributed by atoms with E-state index in [0.717, 1.165) is 0 Å². The Labute approximate surface area is 311 Å². The van der Waals surface area contributed by atoms with Gasteiger partial charge < -0.3 is 64.0 Å². The van der Waals surface area contributed by atoms with Gasteiger partial charge in [-0.1, -0.05) is 24.3 Å². The number of nitrogens with two attached hydrogens (primary N) is 2. The molecule has 54 heavy (non-hydrogen) atoms. The smallest absolute Gasteiger partial charge is 0.326 e. The molecule has 0 saturated carbocycles. The molecule has 1 unspecified atom stereocenters. The van der Waals surface area contributed by atoms with Crippen LogP contribution in [0.1, 0.15) is 68.9 Å². The van der Waals surface area contributed by atoms with E-state index in [2.05, 4.69) is 37.2 Å².